The zero-order valence-corrected chi connectivity index (χ0v) is 16.0. The first-order chi connectivity index (χ1) is 14.5. The van der Waals surface area contributed by atoms with Crippen LogP contribution in [0.4, 0.5) is 17.1 Å². The van der Waals surface area contributed by atoms with Crippen molar-refractivity contribution in [2.75, 3.05) is 10.2 Å². The van der Waals surface area contributed by atoms with Gasteiger partial charge in [0.15, 0.2) is 0 Å². The van der Waals surface area contributed by atoms with Crippen LogP contribution in [0.5, 0.6) is 0 Å². The number of nitro benzene ring substituents is 1. The SMILES string of the molecule is CC(=O)N1C(=O)/C(=C(\Nc2ccccc2)c2ccccc2)c2ccc([N+](=O)[O-])cc21. The molecule has 0 aromatic heterocycles. The molecule has 0 radical (unpaired) electrons. The van der Waals surface area contributed by atoms with Crippen LogP contribution in [0.15, 0.2) is 78.9 Å². The number of carbonyl (C=O) groups is 2. The van der Waals surface area contributed by atoms with E-state index in [4.69, 9.17) is 0 Å². The smallest absolute Gasteiger partial charge is 0.271 e. The van der Waals surface area contributed by atoms with Gasteiger partial charge in [-0.2, -0.15) is 0 Å². The van der Waals surface area contributed by atoms with Gasteiger partial charge in [-0.3, -0.25) is 19.7 Å². The molecule has 1 heterocycles. The van der Waals surface area contributed by atoms with Crippen molar-refractivity contribution in [3.8, 4) is 0 Å². The van der Waals surface area contributed by atoms with E-state index < -0.39 is 16.7 Å². The lowest BCUT2D eigenvalue weighted by atomic mass is 10.00. The van der Waals surface area contributed by atoms with E-state index in [1.807, 2.05) is 60.7 Å². The van der Waals surface area contributed by atoms with Gasteiger partial charge in [0.25, 0.3) is 11.6 Å². The Morgan fingerprint density at radius 2 is 1.60 bits per heavy atom. The third kappa shape index (κ3) is 3.33. The number of anilines is 2. The molecule has 1 N–H and O–H groups in total. The van der Waals surface area contributed by atoms with Crippen molar-refractivity contribution < 1.29 is 14.5 Å². The predicted molar refractivity (Wildman–Crippen MR) is 115 cm³/mol. The molecule has 30 heavy (non-hydrogen) atoms. The van der Waals surface area contributed by atoms with Crippen LogP contribution in [0, 0.1) is 10.1 Å². The van der Waals surface area contributed by atoms with Gasteiger partial charge in [0.05, 0.1) is 21.9 Å². The minimum atomic E-state index is -0.550. The number of amides is 2. The zero-order chi connectivity index (χ0) is 21.3. The number of imide groups is 1. The first-order valence-corrected chi connectivity index (χ1v) is 9.23. The summed E-state index contributed by atoms with van der Waals surface area (Å²) in [6, 6.07) is 22.7. The van der Waals surface area contributed by atoms with Crippen molar-refractivity contribution in [2.45, 2.75) is 6.92 Å². The highest BCUT2D eigenvalue weighted by Gasteiger charge is 2.38. The molecule has 0 atom stereocenters. The fourth-order valence-corrected chi connectivity index (χ4v) is 3.47. The van der Waals surface area contributed by atoms with Crippen molar-refractivity contribution in [1.82, 2.24) is 0 Å². The summed E-state index contributed by atoms with van der Waals surface area (Å²) in [4.78, 5) is 37.2. The summed E-state index contributed by atoms with van der Waals surface area (Å²) in [5.41, 5.74) is 2.80. The third-order valence-corrected chi connectivity index (χ3v) is 4.79. The number of hydrogen-bond acceptors (Lipinski definition) is 5. The molecule has 3 aromatic rings. The maximum atomic E-state index is 13.3. The Balaban J connectivity index is 1.98. The van der Waals surface area contributed by atoms with Gasteiger partial charge >= 0.3 is 0 Å². The van der Waals surface area contributed by atoms with Gasteiger partial charge in [0, 0.05) is 30.3 Å². The summed E-state index contributed by atoms with van der Waals surface area (Å²) in [6.45, 7) is 1.26. The Labute approximate surface area is 172 Å². The fourth-order valence-electron chi connectivity index (χ4n) is 3.47. The number of para-hydroxylation sites is 1. The highest BCUT2D eigenvalue weighted by molar-refractivity contribution is 6.43. The summed E-state index contributed by atoms with van der Waals surface area (Å²) >= 11 is 0. The van der Waals surface area contributed by atoms with Gasteiger partial charge in [0.1, 0.15) is 0 Å². The number of hydrogen-bond donors (Lipinski definition) is 1. The highest BCUT2D eigenvalue weighted by Crippen LogP contribution is 2.42. The molecule has 3 aromatic carbocycles. The van der Waals surface area contributed by atoms with E-state index in [-0.39, 0.29) is 16.9 Å². The molecule has 1 aliphatic heterocycles. The molecule has 0 saturated heterocycles. The van der Waals surface area contributed by atoms with Gasteiger partial charge in [-0.15, -0.1) is 0 Å². The first-order valence-electron chi connectivity index (χ1n) is 9.23. The van der Waals surface area contributed by atoms with Crippen LogP contribution in [-0.4, -0.2) is 16.7 Å². The maximum absolute atomic E-state index is 13.3. The predicted octanol–water partition coefficient (Wildman–Crippen LogP) is 4.47. The van der Waals surface area contributed by atoms with Gasteiger partial charge in [0.2, 0.25) is 5.91 Å². The normalized spacial score (nSPS) is 14.3. The van der Waals surface area contributed by atoms with Crippen LogP contribution in [0.2, 0.25) is 0 Å². The van der Waals surface area contributed by atoms with Crippen molar-refractivity contribution in [3.05, 3.63) is 100 Å². The van der Waals surface area contributed by atoms with Crippen molar-refractivity contribution >= 4 is 40.1 Å². The number of rotatable bonds is 4. The Morgan fingerprint density at radius 3 is 2.20 bits per heavy atom. The molecule has 0 saturated carbocycles. The number of benzene rings is 3. The second kappa shape index (κ2) is 7.63. The van der Waals surface area contributed by atoms with Crippen LogP contribution in [0.3, 0.4) is 0 Å². The third-order valence-electron chi connectivity index (χ3n) is 4.79. The summed E-state index contributed by atoms with van der Waals surface area (Å²) < 4.78 is 0. The minimum Gasteiger partial charge on any atom is -0.354 e. The minimum absolute atomic E-state index is 0.189. The summed E-state index contributed by atoms with van der Waals surface area (Å²) in [6.07, 6.45) is 0. The Hall–Kier alpha value is -4.26. The molecular formula is C23H17N3O4. The molecule has 0 aliphatic carbocycles. The van der Waals surface area contributed by atoms with Crippen molar-refractivity contribution in [3.63, 3.8) is 0 Å². The second-order valence-electron chi connectivity index (χ2n) is 6.73. The van der Waals surface area contributed by atoms with E-state index in [0.717, 1.165) is 16.2 Å². The van der Waals surface area contributed by atoms with E-state index in [1.54, 1.807) is 0 Å². The molecule has 4 rings (SSSR count). The van der Waals surface area contributed by atoms with E-state index in [0.29, 0.717) is 11.3 Å². The molecule has 1 aliphatic rings. The molecule has 0 bridgehead atoms. The number of nitrogens with one attached hydrogen (secondary N) is 1. The lowest BCUT2D eigenvalue weighted by Gasteiger charge is -2.15. The standard InChI is InChI=1S/C23H17N3O4/c1-15(27)25-20-14-18(26(29)30)12-13-19(20)21(23(25)28)22(16-8-4-2-5-9-16)24-17-10-6-3-7-11-17/h2-14,24H,1H3/b22-21-. The Kier molecular flexibility index (Phi) is 4.85. The molecular weight excluding hydrogens is 382 g/mol. The number of nitrogens with zero attached hydrogens (tertiary/aromatic N) is 2. The topological polar surface area (TPSA) is 92.6 Å². The lowest BCUT2D eigenvalue weighted by Crippen LogP contribution is -2.31. The van der Waals surface area contributed by atoms with E-state index in [9.17, 15) is 19.7 Å². The average Bonchev–Trinajstić information content (AvgIpc) is 3.04. The Morgan fingerprint density at radius 1 is 0.967 bits per heavy atom. The monoisotopic (exact) mass is 399 g/mol. The fraction of sp³-hybridized carbons (Fsp3) is 0.0435. The molecule has 0 unspecified atom stereocenters. The van der Waals surface area contributed by atoms with E-state index >= 15 is 0 Å². The van der Waals surface area contributed by atoms with Crippen LogP contribution >= 0.6 is 0 Å². The molecule has 2 amide bonds. The summed E-state index contributed by atoms with van der Waals surface area (Å²) in [7, 11) is 0. The van der Waals surface area contributed by atoms with Crippen LogP contribution in [0.25, 0.3) is 11.3 Å². The molecule has 148 valence electrons. The second-order valence-corrected chi connectivity index (χ2v) is 6.73. The van der Waals surface area contributed by atoms with Crippen LogP contribution < -0.4 is 10.2 Å². The van der Waals surface area contributed by atoms with Gasteiger partial charge in [-0.05, 0) is 23.8 Å². The number of nitro groups is 1. The van der Waals surface area contributed by atoms with E-state index in [1.165, 1.54) is 25.1 Å². The largest absolute Gasteiger partial charge is 0.354 e. The van der Waals surface area contributed by atoms with Crippen LogP contribution in [-0.2, 0) is 9.59 Å². The van der Waals surface area contributed by atoms with E-state index in [2.05, 4.69) is 5.32 Å². The quantitative estimate of drug-likeness (QED) is 0.397. The molecule has 0 spiro atoms. The number of non-ortho nitro benzene ring substituents is 1. The molecule has 7 nitrogen and oxygen atoms in total. The lowest BCUT2D eigenvalue weighted by molar-refractivity contribution is -0.384. The van der Waals surface area contributed by atoms with Gasteiger partial charge in [-0.1, -0.05) is 48.5 Å². The first kappa shape index (κ1) is 19.1. The highest BCUT2D eigenvalue weighted by atomic mass is 16.6. The van der Waals surface area contributed by atoms with Gasteiger partial charge in [-0.25, -0.2) is 4.90 Å². The maximum Gasteiger partial charge on any atom is 0.271 e. The summed E-state index contributed by atoms with van der Waals surface area (Å²) in [5, 5.41) is 14.5. The average molecular weight is 399 g/mol. The number of carbonyl (C=O) groups excluding carboxylic acids is 2. The van der Waals surface area contributed by atoms with Crippen molar-refractivity contribution in [1.29, 1.82) is 0 Å². The van der Waals surface area contributed by atoms with Gasteiger partial charge < -0.3 is 5.32 Å². The number of fused-ring (bicyclic) bond motifs is 1. The molecule has 7 heteroatoms. The van der Waals surface area contributed by atoms with Crippen molar-refractivity contribution in [2.24, 2.45) is 0 Å². The Bertz CT molecular complexity index is 1190. The van der Waals surface area contributed by atoms with Crippen LogP contribution in [0.1, 0.15) is 18.1 Å². The summed E-state index contributed by atoms with van der Waals surface area (Å²) in [5.74, 6) is -1.04. The molecule has 0 fully saturated rings. The zero-order valence-electron chi connectivity index (χ0n) is 16.0.